The summed E-state index contributed by atoms with van der Waals surface area (Å²) in [5, 5.41) is 13.9. The lowest BCUT2D eigenvalue weighted by atomic mass is 9.99. The number of nitrogens with zero attached hydrogens (tertiary/aromatic N) is 2. The van der Waals surface area contributed by atoms with Crippen LogP contribution >= 0.6 is 0 Å². The maximum atomic E-state index is 10.3. The fourth-order valence-electron chi connectivity index (χ4n) is 3.54. The monoisotopic (exact) mass is 323 g/mol. The van der Waals surface area contributed by atoms with Crippen LogP contribution in [0.15, 0.2) is 11.6 Å². The summed E-state index contributed by atoms with van der Waals surface area (Å²) in [5.41, 5.74) is 1.40. The number of aliphatic hydroxyl groups is 1. The summed E-state index contributed by atoms with van der Waals surface area (Å²) in [5.74, 6) is 0.859. The van der Waals surface area contributed by atoms with E-state index in [0.29, 0.717) is 6.04 Å². The Labute approximate surface area is 142 Å². The van der Waals surface area contributed by atoms with Gasteiger partial charge < -0.3 is 15.3 Å². The summed E-state index contributed by atoms with van der Waals surface area (Å²) in [6.45, 7) is 14.0. The first-order valence-electron chi connectivity index (χ1n) is 9.52. The van der Waals surface area contributed by atoms with E-state index >= 15 is 0 Å². The van der Waals surface area contributed by atoms with Gasteiger partial charge in [0, 0.05) is 25.7 Å². The van der Waals surface area contributed by atoms with Gasteiger partial charge in [0.15, 0.2) is 0 Å². The number of hydrogen-bond donors (Lipinski definition) is 2. The zero-order chi connectivity index (χ0) is 16.7. The van der Waals surface area contributed by atoms with Gasteiger partial charge in [0.2, 0.25) is 0 Å². The number of hydrogen-bond acceptors (Lipinski definition) is 4. The molecule has 4 nitrogen and oxygen atoms in total. The molecule has 0 spiro atoms. The molecular weight excluding hydrogens is 286 g/mol. The van der Waals surface area contributed by atoms with Gasteiger partial charge in [-0.1, -0.05) is 18.6 Å². The van der Waals surface area contributed by atoms with Crippen molar-refractivity contribution in [3.05, 3.63) is 11.6 Å². The zero-order valence-electron chi connectivity index (χ0n) is 15.4. The van der Waals surface area contributed by atoms with Gasteiger partial charge in [-0.2, -0.15) is 0 Å². The first-order chi connectivity index (χ1) is 11.0. The molecule has 0 radical (unpaired) electrons. The number of likely N-dealkylation sites (tertiary alicyclic amines) is 2. The molecule has 134 valence electrons. The highest BCUT2D eigenvalue weighted by Gasteiger charge is 2.21. The molecule has 2 N–H and O–H groups in total. The van der Waals surface area contributed by atoms with Crippen LogP contribution in [0.4, 0.5) is 0 Å². The van der Waals surface area contributed by atoms with Gasteiger partial charge in [-0.3, -0.25) is 4.90 Å². The first kappa shape index (κ1) is 18.9. The average molecular weight is 324 g/mol. The van der Waals surface area contributed by atoms with Crippen molar-refractivity contribution in [1.29, 1.82) is 0 Å². The summed E-state index contributed by atoms with van der Waals surface area (Å²) in [6, 6.07) is 0.578. The number of nitrogens with one attached hydrogen (secondary N) is 1. The summed E-state index contributed by atoms with van der Waals surface area (Å²) >= 11 is 0. The SMILES string of the molecule is CC(C)=CCN1CCC(NCC(O)CN2CCC(C)CC2)CC1. The molecule has 0 aromatic rings. The van der Waals surface area contributed by atoms with Crippen molar-refractivity contribution in [2.24, 2.45) is 5.92 Å². The van der Waals surface area contributed by atoms with Gasteiger partial charge in [0.1, 0.15) is 0 Å². The average Bonchev–Trinajstić information content (AvgIpc) is 2.54. The third-order valence-corrected chi connectivity index (χ3v) is 5.33. The Morgan fingerprint density at radius 2 is 1.70 bits per heavy atom. The largest absolute Gasteiger partial charge is 0.390 e. The Bertz CT molecular complexity index is 352. The molecule has 2 rings (SSSR count). The van der Waals surface area contributed by atoms with Crippen molar-refractivity contribution in [3.63, 3.8) is 0 Å². The van der Waals surface area contributed by atoms with E-state index < -0.39 is 0 Å². The number of aliphatic hydroxyl groups excluding tert-OH is 1. The van der Waals surface area contributed by atoms with Gasteiger partial charge in [0.25, 0.3) is 0 Å². The number of rotatable bonds is 7. The normalized spacial score (nSPS) is 23.8. The molecule has 0 aromatic heterocycles. The molecule has 1 unspecified atom stereocenters. The van der Waals surface area contributed by atoms with Crippen LogP contribution in [0.25, 0.3) is 0 Å². The molecule has 2 heterocycles. The number of β-amino-alcohol motifs (C(OH)–C–C–N with tert-alkyl or cyclic N) is 1. The summed E-state index contributed by atoms with van der Waals surface area (Å²) in [4.78, 5) is 4.95. The van der Waals surface area contributed by atoms with E-state index in [4.69, 9.17) is 0 Å². The number of allylic oxidation sites excluding steroid dienone is 1. The molecular formula is C19H37N3O. The van der Waals surface area contributed by atoms with Crippen LogP contribution in [0.3, 0.4) is 0 Å². The summed E-state index contributed by atoms with van der Waals surface area (Å²) < 4.78 is 0. The lowest BCUT2D eigenvalue weighted by Gasteiger charge is -2.34. The molecule has 0 bridgehead atoms. The maximum Gasteiger partial charge on any atom is 0.0791 e. The van der Waals surface area contributed by atoms with E-state index in [2.05, 4.69) is 42.0 Å². The second kappa shape index (κ2) is 9.77. The quantitative estimate of drug-likeness (QED) is 0.704. The van der Waals surface area contributed by atoms with Crippen LogP contribution < -0.4 is 5.32 Å². The zero-order valence-corrected chi connectivity index (χ0v) is 15.4. The van der Waals surface area contributed by atoms with Gasteiger partial charge in [-0.15, -0.1) is 0 Å². The van der Waals surface area contributed by atoms with Crippen molar-refractivity contribution in [2.45, 2.75) is 58.6 Å². The Morgan fingerprint density at radius 1 is 1.09 bits per heavy atom. The maximum absolute atomic E-state index is 10.3. The molecule has 0 saturated carbocycles. The minimum absolute atomic E-state index is 0.230. The van der Waals surface area contributed by atoms with Crippen molar-refractivity contribution in [1.82, 2.24) is 15.1 Å². The first-order valence-corrected chi connectivity index (χ1v) is 9.52. The predicted octanol–water partition coefficient (Wildman–Crippen LogP) is 2.10. The van der Waals surface area contributed by atoms with Crippen LogP contribution in [0.5, 0.6) is 0 Å². The van der Waals surface area contributed by atoms with Crippen molar-refractivity contribution in [2.75, 3.05) is 45.8 Å². The highest BCUT2D eigenvalue weighted by Crippen LogP contribution is 2.16. The molecule has 2 aliphatic heterocycles. The van der Waals surface area contributed by atoms with E-state index in [0.717, 1.165) is 38.6 Å². The highest BCUT2D eigenvalue weighted by molar-refractivity contribution is 4.95. The van der Waals surface area contributed by atoms with Crippen LogP contribution in [-0.4, -0.2) is 72.9 Å². The van der Waals surface area contributed by atoms with E-state index in [9.17, 15) is 5.11 Å². The second-order valence-corrected chi connectivity index (χ2v) is 7.90. The molecule has 0 aliphatic carbocycles. The van der Waals surface area contributed by atoms with Crippen molar-refractivity contribution >= 4 is 0 Å². The molecule has 2 aliphatic rings. The van der Waals surface area contributed by atoms with E-state index in [1.54, 1.807) is 0 Å². The van der Waals surface area contributed by atoms with Crippen LogP contribution in [0.2, 0.25) is 0 Å². The van der Waals surface area contributed by atoms with Gasteiger partial charge in [-0.05, 0) is 71.6 Å². The smallest absolute Gasteiger partial charge is 0.0791 e. The molecule has 0 aromatic carbocycles. The minimum Gasteiger partial charge on any atom is -0.390 e. The fourth-order valence-corrected chi connectivity index (χ4v) is 3.54. The third-order valence-electron chi connectivity index (χ3n) is 5.33. The van der Waals surface area contributed by atoms with Gasteiger partial charge in [-0.25, -0.2) is 0 Å². The molecule has 1 atom stereocenters. The van der Waals surface area contributed by atoms with E-state index in [1.165, 1.54) is 44.3 Å². The topological polar surface area (TPSA) is 38.7 Å². The predicted molar refractivity (Wildman–Crippen MR) is 97.7 cm³/mol. The van der Waals surface area contributed by atoms with Crippen LogP contribution in [0, 0.1) is 5.92 Å². The minimum atomic E-state index is -0.230. The van der Waals surface area contributed by atoms with Gasteiger partial charge >= 0.3 is 0 Å². The highest BCUT2D eigenvalue weighted by atomic mass is 16.3. The fraction of sp³-hybridized carbons (Fsp3) is 0.895. The lowest BCUT2D eigenvalue weighted by Crippen LogP contribution is -2.47. The van der Waals surface area contributed by atoms with Crippen LogP contribution in [0.1, 0.15) is 46.5 Å². The Morgan fingerprint density at radius 3 is 2.30 bits per heavy atom. The molecule has 0 amide bonds. The van der Waals surface area contributed by atoms with Crippen LogP contribution in [-0.2, 0) is 0 Å². The molecule has 2 fully saturated rings. The van der Waals surface area contributed by atoms with Crippen molar-refractivity contribution in [3.8, 4) is 0 Å². The standard InChI is InChI=1S/C19H37N3O/c1-16(2)4-9-21-12-7-18(8-13-21)20-14-19(23)15-22-10-5-17(3)6-11-22/h4,17-20,23H,5-15H2,1-3H3. The van der Waals surface area contributed by atoms with Gasteiger partial charge in [0.05, 0.1) is 6.10 Å². The Kier molecular flexibility index (Phi) is 8.04. The summed E-state index contributed by atoms with van der Waals surface area (Å²) in [7, 11) is 0. The van der Waals surface area contributed by atoms with Crippen molar-refractivity contribution < 1.29 is 5.11 Å². The third kappa shape index (κ3) is 7.34. The Hall–Kier alpha value is -0.420. The number of piperidine rings is 2. The Balaban J connectivity index is 1.57. The molecule has 2 saturated heterocycles. The summed E-state index contributed by atoms with van der Waals surface area (Å²) in [6.07, 6.45) is 7.05. The van der Waals surface area contributed by atoms with E-state index in [1.807, 2.05) is 0 Å². The van der Waals surface area contributed by atoms with E-state index in [-0.39, 0.29) is 6.10 Å². The molecule has 23 heavy (non-hydrogen) atoms. The molecule has 4 heteroatoms. The second-order valence-electron chi connectivity index (χ2n) is 7.90. The lowest BCUT2D eigenvalue weighted by molar-refractivity contribution is 0.0859.